The summed E-state index contributed by atoms with van der Waals surface area (Å²) in [5.41, 5.74) is 2.06. The van der Waals surface area contributed by atoms with Crippen molar-refractivity contribution in [2.45, 2.75) is 19.8 Å². The van der Waals surface area contributed by atoms with Gasteiger partial charge in [-0.15, -0.1) is 17.9 Å². The number of rotatable bonds is 4. The Morgan fingerprint density at radius 2 is 2.22 bits per heavy atom. The van der Waals surface area contributed by atoms with E-state index in [1.165, 1.54) is 5.30 Å². The molecular weight excluding hydrogens is 298 g/mol. The maximum Gasteiger partial charge on any atom is 0.193 e. The SMILES string of the molecule is CCCc1c[nH]c2cccc(P(P)PP)c2c1=O. The third-order valence-corrected chi connectivity index (χ3v) is 13.0. The fraction of sp³-hybridized carbons (Fsp3) is 0.250. The van der Waals surface area contributed by atoms with Crippen molar-refractivity contribution in [1.29, 1.82) is 0 Å². The van der Waals surface area contributed by atoms with E-state index in [0.29, 0.717) is 0 Å². The zero-order chi connectivity index (χ0) is 13.1. The highest BCUT2D eigenvalue weighted by Crippen LogP contribution is 2.65. The van der Waals surface area contributed by atoms with Gasteiger partial charge < -0.3 is 4.98 Å². The predicted molar refractivity (Wildman–Crippen MR) is 92.9 cm³/mol. The van der Waals surface area contributed by atoms with E-state index in [1.54, 1.807) is 0 Å². The zero-order valence-corrected chi connectivity index (χ0v) is 14.4. The van der Waals surface area contributed by atoms with Crippen LogP contribution in [0.3, 0.4) is 0 Å². The molecule has 0 fully saturated rings. The molecule has 0 aliphatic carbocycles. The van der Waals surface area contributed by atoms with Gasteiger partial charge in [0, 0.05) is 17.3 Å². The minimum absolute atomic E-state index is 0.208. The van der Waals surface area contributed by atoms with Gasteiger partial charge in [0.15, 0.2) is 5.43 Å². The Balaban J connectivity index is 2.73. The van der Waals surface area contributed by atoms with E-state index in [1.807, 2.05) is 18.3 Å². The van der Waals surface area contributed by atoms with Crippen LogP contribution in [0, 0.1) is 0 Å². The first-order valence-electron chi connectivity index (χ1n) is 5.83. The number of aromatic nitrogens is 1. The second-order valence-corrected chi connectivity index (χ2v) is 13.2. The van der Waals surface area contributed by atoms with Crippen molar-refractivity contribution in [3.8, 4) is 0 Å². The summed E-state index contributed by atoms with van der Waals surface area (Å²) in [5, 5.41) is 2.08. The lowest BCUT2D eigenvalue weighted by molar-refractivity contribution is 0.910. The number of pyridine rings is 1. The molecule has 0 radical (unpaired) electrons. The quantitative estimate of drug-likeness (QED) is 0.856. The third-order valence-electron chi connectivity index (χ3n) is 2.88. The highest BCUT2D eigenvalue weighted by Gasteiger charge is 2.12. The van der Waals surface area contributed by atoms with Gasteiger partial charge in [-0.2, -0.15) is 0 Å². The van der Waals surface area contributed by atoms with E-state index in [-0.39, 0.29) is 12.7 Å². The van der Waals surface area contributed by atoms with Crippen molar-refractivity contribution < 1.29 is 0 Å². The normalized spacial score (nSPS) is 13.5. The number of benzene rings is 1. The summed E-state index contributed by atoms with van der Waals surface area (Å²) < 4.78 is 0. The Morgan fingerprint density at radius 1 is 1.44 bits per heavy atom. The number of nitrogens with one attached hydrogen (secondary N) is 1. The van der Waals surface area contributed by atoms with E-state index in [9.17, 15) is 4.79 Å². The molecule has 0 bridgehead atoms. The molecule has 2 aromatic rings. The van der Waals surface area contributed by atoms with Gasteiger partial charge in [0.2, 0.25) is 0 Å². The van der Waals surface area contributed by atoms with Crippen LogP contribution in [0.25, 0.3) is 10.9 Å². The molecular formula is C12H17NOP4. The Kier molecular flexibility index (Phi) is 5.29. The number of hydrogen-bond acceptors (Lipinski definition) is 1. The molecule has 2 nitrogen and oxygen atoms in total. The summed E-state index contributed by atoms with van der Waals surface area (Å²) in [4.78, 5) is 15.8. The van der Waals surface area contributed by atoms with Gasteiger partial charge in [-0.25, -0.2) is 0 Å². The molecule has 1 heterocycles. The van der Waals surface area contributed by atoms with Crippen LogP contribution in [0.15, 0.2) is 29.2 Å². The molecule has 0 saturated carbocycles. The number of hydrogen-bond donors (Lipinski definition) is 1. The van der Waals surface area contributed by atoms with Crippen molar-refractivity contribution in [3.05, 3.63) is 40.2 Å². The fourth-order valence-corrected chi connectivity index (χ4v) is 5.74. The monoisotopic (exact) mass is 315 g/mol. The molecule has 0 amide bonds. The molecule has 0 aliphatic heterocycles. The molecule has 96 valence electrons. The molecule has 4 unspecified atom stereocenters. The first-order chi connectivity index (χ1) is 8.69. The highest BCUT2D eigenvalue weighted by molar-refractivity contribution is 8.63. The Labute approximate surface area is 114 Å². The second-order valence-electron chi connectivity index (χ2n) is 4.09. The van der Waals surface area contributed by atoms with Crippen molar-refractivity contribution >= 4 is 49.3 Å². The summed E-state index contributed by atoms with van der Waals surface area (Å²) in [6.07, 6.45) is 3.71. The van der Waals surface area contributed by atoms with Crippen molar-refractivity contribution in [2.24, 2.45) is 0 Å². The molecule has 1 aromatic heterocycles. The van der Waals surface area contributed by atoms with Crippen molar-refractivity contribution in [1.82, 2.24) is 4.98 Å². The van der Waals surface area contributed by atoms with Crippen LogP contribution < -0.4 is 10.7 Å². The van der Waals surface area contributed by atoms with Crippen LogP contribution in [-0.2, 0) is 6.42 Å². The topological polar surface area (TPSA) is 32.9 Å². The highest BCUT2D eigenvalue weighted by atomic mass is 32.6. The Bertz CT molecular complexity index is 611. The first-order valence-corrected chi connectivity index (χ1v) is 12.4. The molecule has 0 spiro atoms. The van der Waals surface area contributed by atoms with E-state index >= 15 is 0 Å². The molecule has 1 aromatic carbocycles. The van der Waals surface area contributed by atoms with Gasteiger partial charge >= 0.3 is 0 Å². The third kappa shape index (κ3) is 2.84. The van der Waals surface area contributed by atoms with Crippen molar-refractivity contribution in [3.63, 3.8) is 0 Å². The van der Waals surface area contributed by atoms with Crippen molar-refractivity contribution in [2.75, 3.05) is 0 Å². The lowest BCUT2D eigenvalue weighted by atomic mass is 10.1. The van der Waals surface area contributed by atoms with Gasteiger partial charge in [0.05, 0.1) is 5.39 Å². The van der Waals surface area contributed by atoms with Gasteiger partial charge in [-0.1, -0.05) is 33.4 Å². The van der Waals surface area contributed by atoms with Crippen LogP contribution in [0.4, 0.5) is 0 Å². The number of aryl methyl sites for hydroxylation is 1. The van der Waals surface area contributed by atoms with Crippen LogP contribution >= 0.6 is 33.1 Å². The first kappa shape index (κ1) is 14.6. The van der Waals surface area contributed by atoms with Gasteiger partial charge in [-0.3, -0.25) is 4.79 Å². The summed E-state index contributed by atoms with van der Waals surface area (Å²) in [6.45, 7) is 2.10. The smallest absolute Gasteiger partial charge is 0.193 e. The zero-order valence-electron chi connectivity index (χ0n) is 10.2. The van der Waals surface area contributed by atoms with Crippen LogP contribution in [0.1, 0.15) is 18.9 Å². The number of fused-ring (bicyclic) bond motifs is 1. The summed E-state index contributed by atoms with van der Waals surface area (Å²) in [5.74, 6) is 0. The summed E-state index contributed by atoms with van der Waals surface area (Å²) >= 11 is 0. The molecule has 18 heavy (non-hydrogen) atoms. The molecule has 1 N–H and O–H groups in total. The number of H-pyrrole nitrogens is 1. The molecule has 2 rings (SSSR count). The van der Waals surface area contributed by atoms with E-state index < -0.39 is 0 Å². The van der Waals surface area contributed by atoms with Gasteiger partial charge in [0.25, 0.3) is 0 Å². The fourth-order valence-electron chi connectivity index (χ4n) is 2.02. The summed E-state index contributed by atoms with van der Waals surface area (Å²) in [6, 6.07) is 6.09. The lowest BCUT2D eigenvalue weighted by Crippen LogP contribution is -2.16. The van der Waals surface area contributed by atoms with Gasteiger partial charge in [-0.05, 0) is 25.1 Å². The molecule has 0 saturated heterocycles. The minimum Gasteiger partial charge on any atom is -0.361 e. The predicted octanol–water partition coefficient (Wildman–Crippen LogP) is 3.76. The maximum absolute atomic E-state index is 12.5. The maximum atomic E-state index is 12.5. The Hall–Kier alpha value is 0.150. The molecule has 6 heteroatoms. The largest absolute Gasteiger partial charge is 0.361 e. The van der Waals surface area contributed by atoms with E-state index in [4.69, 9.17) is 0 Å². The lowest BCUT2D eigenvalue weighted by Gasteiger charge is -2.12. The van der Waals surface area contributed by atoms with Crippen LogP contribution in [-0.4, -0.2) is 4.98 Å². The van der Waals surface area contributed by atoms with Gasteiger partial charge in [0.1, 0.15) is 0 Å². The summed E-state index contributed by atoms with van der Waals surface area (Å²) in [7, 11) is 6.12. The van der Waals surface area contributed by atoms with Crippen LogP contribution in [0.2, 0.25) is 0 Å². The second kappa shape index (κ2) is 6.54. The molecule has 0 aliphatic rings. The average molecular weight is 315 g/mol. The molecule has 4 atom stereocenters. The van der Waals surface area contributed by atoms with E-state index in [2.05, 4.69) is 35.8 Å². The average Bonchev–Trinajstić information content (AvgIpc) is 2.40. The Morgan fingerprint density at radius 3 is 2.89 bits per heavy atom. The number of aromatic amines is 1. The minimum atomic E-state index is -0.324. The van der Waals surface area contributed by atoms with Crippen LogP contribution in [0.5, 0.6) is 0 Å². The van der Waals surface area contributed by atoms with E-state index in [0.717, 1.165) is 37.3 Å². The standard InChI is InChI=1S/C12H17NOP4/c1-2-4-8-7-13-9-5-3-6-10(18(16)17-15)11(9)12(8)14/h3,5-7,17H,2,4,15-16H2,1H3,(H,13,14).